The molecule has 28 heavy (non-hydrogen) atoms. The van der Waals surface area contributed by atoms with Crippen LogP contribution in [0.1, 0.15) is 18.4 Å². The van der Waals surface area contributed by atoms with Crippen molar-refractivity contribution in [3.63, 3.8) is 0 Å². The largest absolute Gasteiger partial charge is 0.454 e. The van der Waals surface area contributed by atoms with Crippen molar-refractivity contribution in [2.45, 2.75) is 24.9 Å². The standard InChI is InChI=1S/C19H26N2O6S/c22-18(11-15-2-3-16-17(10-15)27-14-26-16)21-5-1-4-19(23,13-21)12-20-6-8-28(24,25)9-7-20/h2-3,10,23H,1,4-9,11-14H2. The molecule has 1 N–H and O–H groups in total. The predicted molar refractivity (Wildman–Crippen MR) is 102 cm³/mol. The Morgan fingerprint density at radius 1 is 1.14 bits per heavy atom. The number of rotatable bonds is 4. The SMILES string of the molecule is O=C(Cc1ccc2c(c1)OCO2)N1CCCC(O)(CN2CCS(=O)(=O)CC2)C1. The zero-order valence-corrected chi connectivity index (χ0v) is 16.6. The van der Waals surface area contributed by atoms with Crippen LogP contribution in [0.3, 0.4) is 0 Å². The van der Waals surface area contributed by atoms with Gasteiger partial charge >= 0.3 is 0 Å². The summed E-state index contributed by atoms with van der Waals surface area (Å²) in [6.45, 7) is 2.38. The minimum atomic E-state index is -2.95. The Hall–Kier alpha value is -1.84. The predicted octanol–water partition coefficient (Wildman–Crippen LogP) is 0.0417. The summed E-state index contributed by atoms with van der Waals surface area (Å²) in [4.78, 5) is 16.5. The molecule has 1 unspecified atom stereocenters. The molecular formula is C19H26N2O6S. The lowest BCUT2D eigenvalue weighted by molar-refractivity contribution is -0.138. The van der Waals surface area contributed by atoms with Crippen molar-refractivity contribution in [2.75, 3.05) is 51.0 Å². The number of piperidine rings is 1. The molecule has 0 aliphatic carbocycles. The van der Waals surface area contributed by atoms with Gasteiger partial charge in [-0.2, -0.15) is 0 Å². The molecule has 8 nitrogen and oxygen atoms in total. The minimum absolute atomic E-state index is 0.0294. The van der Waals surface area contributed by atoms with E-state index < -0.39 is 15.4 Å². The first-order valence-corrected chi connectivity index (χ1v) is 11.5. The summed E-state index contributed by atoms with van der Waals surface area (Å²) in [6.07, 6.45) is 1.59. The Morgan fingerprint density at radius 3 is 2.68 bits per heavy atom. The zero-order valence-electron chi connectivity index (χ0n) is 15.8. The number of likely N-dealkylation sites (tertiary alicyclic amines) is 1. The van der Waals surface area contributed by atoms with E-state index in [1.165, 1.54) is 0 Å². The summed E-state index contributed by atoms with van der Waals surface area (Å²) in [7, 11) is -2.95. The molecule has 1 aromatic rings. The maximum Gasteiger partial charge on any atom is 0.231 e. The molecule has 0 bridgehead atoms. The van der Waals surface area contributed by atoms with Crippen LogP contribution in [0.2, 0.25) is 0 Å². The zero-order chi connectivity index (χ0) is 19.8. The van der Waals surface area contributed by atoms with Crippen molar-refractivity contribution >= 4 is 15.7 Å². The second kappa shape index (κ2) is 7.53. The Labute approximate surface area is 164 Å². The average molecular weight is 410 g/mol. The third kappa shape index (κ3) is 4.42. The summed E-state index contributed by atoms with van der Waals surface area (Å²) in [5.41, 5.74) is -0.145. The van der Waals surface area contributed by atoms with Gasteiger partial charge in [0.1, 0.15) is 0 Å². The molecule has 0 saturated carbocycles. The first-order valence-electron chi connectivity index (χ1n) is 9.63. The highest BCUT2D eigenvalue weighted by molar-refractivity contribution is 7.91. The lowest BCUT2D eigenvalue weighted by Gasteiger charge is -2.42. The molecule has 1 atom stereocenters. The van der Waals surface area contributed by atoms with E-state index in [9.17, 15) is 18.3 Å². The van der Waals surface area contributed by atoms with Gasteiger partial charge < -0.3 is 19.5 Å². The number of hydrogen-bond acceptors (Lipinski definition) is 7. The quantitative estimate of drug-likeness (QED) is 0.749. The average Bonchev–Trinajstić information content (AvgIpc) is 3.11. The van der Waals surface area contributed by atoms with E-state index in [4.69, 9.17) is 9.47 Å². The van der Waals surface area contributed by atoms with E-state index in [-0.39, 0.29) is 37.2 Å². The first kappa shape index (κ1) is 19.5. The monoisotopic (exact) mass is 410 g/mol. The summed E-state index contributed by atoms with van der Waals surface area (Å²) in [5, 5.41) is 11.0. The smallest absolute Gasteiger partial charge is 0.231 e. The fourth-order valence-electron chi connectivity index (χ4n) is 4.12. The molecule has 0 spiro atoms. The maximum absolute atomic E-state index is 12.8. The van der Waals surface area contributed by atoms with E-state index in [0.717, 1.165) is 12.0 Å². The van der Waals surface area contributed by atoms with Crippen molar-refractivity contribution in [3.05, 3.63) is 23.8 Å². The highest BCUT2D eigenvalue weighted by Crippen LogP contribution is 2.33. The van der Waals surface area contributed by atoms with Gasteiger partial charge in [0, 0.05) is 26.2 Å². The number of hydrogen-bond donors (Lipinski definition) is 1. The number of carbonyl (C=O) groups is 1. The van der Waals surface area contributed by atoms with Gasteiger partial charge in [-0.1, -0.05) is 6.07 Å². The van der Waals surface area contributed by atoms with Gasteiger partial charge in [-0.15, -0.1) is 0 Å². The third-order valence-corrected chi connectivity index (χ3v) is 7.26. The summed E-state index contributed by atoms with van der Waals surface area (Å²) in [6, 6.07) is 5.49. The molecule has 9 heteroatoms. The number of ether oxygens (including phenoxy) is 2. The maximum atomic E-state index is 12.8. The number of fused-ring (bicyclic) bond motifs is 1. The number of nitrogens with zero attached hydrogens (tertiary/aromatic N) is 2. The van der Waals surface area contributed by atoms with Gasteiger partial charge in [-0.05, 0) is 30.5 Å². The lowest BCUT2D eigenvalue weighted by Crippen LogP contribution is -2.57. The third-order valence-electron chi connectivity index (χ3n) is 5.66. The second-order valence-electron chi connectivity index (χ2n) is 7.94. The molecular weight excluding hydrogens is 384 g/mol. The number of β-amino-alcohol motifs (C(OH)–C–C–N with tert-alkyl or cyclic N) is 1. The molecule has 2 fully saturated rings. The Morgan fingerprint density at radius 2 is 1.89 bits per heavy atom. The van der Waals surface area contributed by atoms with E-state index in [1.807, 2.05) is 23.1 Å². The molecule has 3 heterocycles. The van der Waals surface area contributed by atoms with Crippen LogP contribution < -0.4 is 9.47 Å². The number of benzene rings is 1. The van der Waals surface area contributed by atoms with E-state index in [2.05, 4.69) is 0 Å². The normalized spacial score (nSPS) is 27.0. The molecule has 3 aliphatic rings. The van der Waals surface area contributed by atoms with Crippen LogP contribution in [0.4, 0.5) is 0 Å². The number of aliphatic hydroxyl groups is 1. The van der Waals surface area contributed by atoms with Gasteiger partial charge in [-0.3, -0.25) is 9.69 Å². The fraction of sp³-hybridized carbons (Fsp3) is 0.632. The van der Waals surface area contributed by atoms with Crippen molar-refractivity contribution in [2.24, 2.45) is 0 Å². The first-order chi connectivity index (χ1) is 13.3. The van der Waals surface area contributed by atoms with Crippen molar-refractivity contribution in [3.8, 4) is 11.5 Å². The minimum Gasteiger partial charge on any atom is -0.454 e. The van der Waals surface area contributed by atoms with Crippen LogP contribution in [0, 0.1) is 0 Å². The van der Waals surface area contributed by atoms with Crippen LogP contribution in [0.5, 0.6) is 11.5 Å². The van der Waals surface area contributed by atoms with E-state index in [1.54, 1.807) is 4.90 Å². The molecule has 4 rings (SSSR count). The van der Waals surface area contributed by atoms with E-state index in [0.29, 0.717) is 44.1 Å². The van der Waals surface area contributed by atoms with Crippen LogP contribution in [-0.4, -0.2) is 85.9 Å². The van der Waals surface area contributed by atoms with Gasteiger partial charge in [0.2, 0.25) is 12.7 Å². The topological polar surface area (TPSA) is 96.4 Å². The molecule has 3 aliphatic heterocycles. The van der Waals surface area contributed by atoms with Crippen LogP contribution >= 0.6 is 0 Å². The molecule has 2 saturated heterocycles. The summed E-state index contributed by atoms with van der Waals surface area (Å²) < 4.78 is 33.8. The summed E-state index contributed by atoms with van der Waals surface area (Å²) in [5.74, 6) is 1.58. The van der Waals surface area contributed by atoms with Gasteiger partial charge in [0.15, 0.2) is 21.3 Å². The summed E-state index contributed by atoms with van der Waals surface area (Å²) >= 11 is 0. The highest BCUT2D eigenvalue weighted by Gasteiger charge is 2.37. The van der Waals surface area contributed by atoms with Crippen molar-refractivity contribution in [1.29, 1.82) is 0 Å². The number of carbonyl (C=O) groups excluding carboxylic acids is 1. The fourth-order valence-corrected chi connectivity index (χ4v) is 5.39. The molecule has 1 amide bonds. The Balaban J connectivity index is 1.35. The van der Waals surface area contributed by atoms with Gasteiger partial charge in [0.05, 0.1) is 30.1 Å². The highest BCUT2D eigenvalue weighted by atomic mass is 32.2. The van der Waals surface area contributed by atoms with Crippen LogP contribution in [-0.2, 0) is 21.1 Å². The van der Waals surface area contributed by atoms with E-state index >= 15 is 0 Å². The van der Waals surface area contributed by atoms with Crippen LogP contribution in [0.15, 0.2) is 18.2 Å². The van der Waals surface area contributed by atoms with Crippen molar-refractivity contribution < 1.29 is 27.8 Å². The van der Waals surface area contributed by atoms with Gasteiger partial charge in [-0.25, -0.2) is 8.42 Å². The lowest BCUT2D eigenvalue weighted by atomic mass is 9.91. The second-order valence-corrected chi connectivity index (χ2v) is 10.2. The molecule has 0 aromatic heterocycles. The Kier molecular flexibility index (Phi) is 5.24. The molecule has 1 aromatic carbocycles. The number of sulfone groups is 1. The van der Waals surface area contributed by atoms with Crippen LogP contribution in [0.25, 0.3) is 0 Å². The van der Waals surface area contributed by atoms with Gasteiger partial charge in [0.25, 0.3) is 0 Å². The molecule has 154 valence electrons. The molecule has 0 radical (unpaired) electrons. The Bertz CT molecular complexity index is 844. The number of amides is 1. The van der Waals surface area contributed by atoms with Crippen molar-refractivity contribution in [1.82, 2.24) is 9.80 Å².